The molecule has 0 aliphatic carbocycles. The van der Waals surface area contributed by atoms with E-state index < -0.39 is 0 Å². The van der Waals surface area contributed by atoms with Crippen molar-refractivity contribution in [2.75, 3.05) is 0 Å². The summed E-state index contributed by atoms with van der Waals surface area (Å²) in [6, 6.07) is 11.3. The van der Waals surface area contributed by atoms with E-state index in [1.54, 1.807) is 16.9 Å². The standard InChI is InChI=1S/C13H9Cl2N5S/c14-11-6-12(15)16-7-9(11)8-21-13-17-18-19-20(13)10-4-2-1-3-5-10/h1-7H,8H2. The molecule has 21 heavy (non-hydrogen) atoms. The van der Waals surface area contributed by atoms with Gasteiger partial charge in [0.05, 0.1) is 5.69 Å². The number of hydrogen-bond acceptors (Lipinski definition) is 5. The molecule has 0 fully saturated rings. The highest BCUT2D eigenvalue weighted by molar-refractivity contribution is 7.98. The lowest BCUT2D eigenvalue weighted by molar-refractivity contribution is 0.756. The van der Waals surface area contributed by atoms with E-state index in [-0.39, 0.29) is 0 Å². The van der Waals surface area contributed by atoms with E-state index >= 15 is 0 Å². The highest BCUT2D eigenvalue weighted by Gasteiger charge is 2.10. The van der Waals surface area contributed by atoms with Gasteiger partial charge in [-0.05, 0) is 34.2 Å². The maximum absolute atomic E-state index is 6.13. The number of hydrogen-bond donors (Lipinski definition) is 0. The van der Waals surface area contributed by atoms with E-state index in [2.05, 4.69) is 20.5 Å². The van der Waals surface area contributed by atoms with Gasteiger partial charge in [-0.3, -0.25) is 0 Å². The molecular formula is C13H9Cl2N5S. The number of pyridine rings is 1. The van der Waals surface area contributed by atoms with Crippen LogP contribution in [0, 0.1) is 0 Å². The van der Waals surface area contributed by atoms with Crippen LogP contribution in [0.3, 0.4) is 0 Å². The summed E-state index contributed by atoms with van der Waals surface area (Å²) >= 11 is 13.4. The summed E-state index contributed by atoms with van der Waals surface area (Å²) in [5, 5.41) is 13.4. The van der Waals surface area contributed by atoms with E-state index in [9.17, 15) is 0 Å². The van der Waals surface area contributed by atoms with Gasteiger partial charge in [0.15, 0.2) is 0 Å². The van der Waals surface area contributed by atoms with Crippen LogP contribution in [0.25, 0.3) is 5.69 Å². The van der Waals surface area contributed by atoms with Gasteiger partial charge in [0.1, 0.15) is 5.15 Å². The molecule has 0 atom stereocenters. The molecule has 5 nitrogen and oxygen atoms in total. The summed E-state index contributed by atoms with van der Waals surface area (Å²) in [5.74, 6) is 0.607. The molecule has 8 heteroatoms. The Morgan fingerprint density at radius 3 is 2.71 bits per heavy atom. The van der Waals surface area contributed by atoms with E-state index in [4.69, 9.17) is 23.2 Å². The molecule has 3 aromatic rings. The van der Waals surface area contributed by atoms with Crippen LogP contribution in [0.1, 0.15) is 5.56 Å². The van der Waals surface area contributed by atoms with Crippen molar-refractivity contribution in [2.24, 2.45) is 0 Å². The predicted molar refractivity (Wildman–Crippen MR) is 83.0 cm³/mol. The lowest BCUT2D eigenvalue weighted by Gasteiger charge is -2.05. The number of tetrazole rings is 1. The fourth-order valence-corrected chi connectivity index (χ4v) is 3.07. The Balaban J connectivity index is 1.79. The summed E-state index contributed by atoms with van der Waals surface area (Å²) < 4.78 is 1.68. The summed E-state index contributed by atoms with van der Waals surface area (Å²) in [6.45, 7) is 0. The van der Waals surface area contributed by atoms with Gasteiger partial charge in [0.25, 0.3) is 0 Å². The Morgan fingerprint density at radius 1 is 1.14 bits per heavy atom. The number of halogens is 2. The minimum absolute atomic E-state index is 0.378. The lowest BCUT2D eigenvalue weighted by atomic mass is 10.3. The molecule has 1 aromatic carbocycles. The van der Waals surface area contributed by atoms with Crippen molar-refractivity contribution in [1.29, 1.82) is 0 Å². The molecule has 0 saturated heterocycles. The number of thioether (sulfide) groups is 1. The fraction of sp³-hybridized carbons (Fsp3) is 0.0769. The molecule has 2 aromatic heterocycles. The van der Waals surface area contributed by atoms with Crippen LogP contribution in [-0.4, -0.2) is 25.2 Å². The number of nitrogens with zero attached hydrogens (tertiary/aromatic N) is 5. The van der Waals surface area contributed by atoms with Crippen molar-refractivity contribution < 1.29 is 0 Å². The second kappa shape index (κ2) is 6.43. The molecule has 2 heterocycles. The molecule has 106 valence electrons. The van der Waals surface area contributed by atoms with Crippen molar-refractivity contribution in [2.45, 2.75) is 10.9 Å². The molecule has 3 rings (SSSR count). The average Bonchev–Trinajstić information content (AvgIpc) is 2.96. The monoisotopic (exact) mass is 337 g/mol. The SMILES string of the molecule is Clc1cc(Cl)c(CSc2nnnn2-c2ccccc2)cn1. The third-order valence-electron chi connectivity index (χ3n) is 2.69. The Kier molecular flexibility index (Phi) is 4.38. The quantitative estimate of drug-likeness (QED) is 0.537. The van der Waals surface area contributed by atoms with E-state index in [1.165, 1.54) is 11.8 Å². The van der Waals surface area contributed by atoms with Gasteiger partial charge >= 0.3 is 0 Å². The highest BCUT2D eigenvalue weighted by Crippen LogP contribution is 2.27. The summed E-state index contributed by atoms with van der Waals surface area (Å²) in [4.78, 5) is 4.03. The lowest BCUT2D eigenvalue weighted by Crippen LogP contribution is -1.98. The zero-order chi connectivity index (χ0) is 14.7. The number of benzene rings is 1. The molecule has 0 bridgehead atoms. The predicted octanol–water partition coefficient (Wildman–Crippen LogP) is 3.66. The van der Waals surface area contributed by atoms with Crippen LogP contribution in [0.5, 0.6) is 0 Å². The molecule has 0 aliphatic heterocycles. The second-order valence-electron chi connectivity index (χ2n) is 4.10. The van der Waals surface area contributed by atoms with E-state index in [1.807, 2.05) is 30.3 Å². The zero-order valence-electron chi connectivity index (χ0n) is 10.6. The van der Waals surface area contributed by atoms with Crippen LogP contribution in [0.2, 0.25) is 10.2 Å². The minimum Gasteiger partial charge on any atom is -0.244 e. The Morgan fingerprint density at radius 2 is 1.95 bits per heavy atom. The van der Waals surface area contributed by atoms with Gasteiger partial charge in [-0.1, -0.05) is 53.2 Å². The van der Waals surface area contributed by atoms with E-state index in [0.29, 0.717) is 21.1 Å². The van der Waals surface area contributed by atoms with Crippen molar-refractivity contribution in [1.82, 2.24) is 25.2 Å². The van der Waals surface area contributed by atoms with Crippen molar-refractivity contribution >= 4 is 35.0 Å². The number of para-hydroxylation sites is 1. The molecule has 0 N–H and O–H groups in total. The first-order valence-corrected chi connectivity index (χ1v) is 7.75. The Hall–Kier alpha value is -1.63. The third-order valence-corrected chi connectivity index (χ3v) is 4.22. The van der Waals surface area contributed by atoms with Crippen LogP contribution >= 0.6 is 35.0 Å². The minimum atomic E-state index is 0.378. The zero-order valence-corrected chi connectivity index (χ0v) is 13.0. The molecule has 0 radical (unpaired) electrons. The van der Waals surface area contributed by atoms with Crippen LogP contribution in [0.4, 0.5) is 0 Å². The normalized spacial score (nSPS) is 10.8. The Labute approximate surface area is 135 Å². The average molecular weight is 338 g/mol. The maximum Gasteiger partial charge on any atom is 0.214 e. The van der Waals surface area contributed by atoms with E-state index in [0.717, 1.165) is 11.3 Å². The van der Waals surface area contributed by atoms with Crippen molar-refractivity contribution in [3.8, 4) is 5.69 Å². The molecular weight excluding hydrogens is 329 g/mol. The smallest absolute Gasteiger partial charge is 0.214 e. The van der Waals surface area contributed by atoms with Crippen LogP contribution in [-0.2, 0) is 5.75 Å². The topological polar surface area (TPSA) is 56.5 Å². The second-order valence-corrected chi connectivity index (χ2v) is 5.83. The number of rotatable bonds is 4. The third kappa shape index (κ3) is 3.34. The largest absolute Gasteiger partial charge is 0.244 e. The first kappa shape index (κ1) is 14.3. The summed E-state index contributed by atoms with van der Waals surface area (Å²) in [7, 11) is 0. The molecule has 0 amide bonds. The Bertz CT molecular complexity index is 747. The van der Waals surface area contributed by atoms with Gasteiger partial charge in [-0.2, -0.15) is 4.68 Å². The first-order chi connectivity index (χ1) is 10.2. The summed E-state index contributed by atoms with van der Waals surface area (Å²) in [5.41, 5.74) is 1.79. The number of aromatic nitrogens is 5. The molecule has 0 saturated carbocycles. The fourth-order valence-electron chi connectivity index (χ4n) is 1.68. The molecule has 0 aliphatic rings. The van der Waals surface area contributed by atoms with Gasteiger partial charge in [-0.25, -0.2) is 4.98 Å². The summed E-state index contributed by atoms with van der Waals surface area (Å²) in [6.07, 6.45) is 1.66. The van der Waals surface area contributed by atoms with Gasteiger partial charge in [0, 0.05) is 17.0 Å². The van der Waals surface area contributed by atoms with Crippen LogP contribution < -0.4 is 0 Å². The van der Waals surface area contributed by atoms with Crippen LogP contribution in [0.15, 0.2) is 47.8 Å². The van der Waals surface area contributed by atoms with Gasteiger partial charge < -0.3 is 0 Å². The molecule has 0 unspecified atom stereocenters. The maximum atomic E-state index is 6.13. The van der Waals surface area contributed by atoms with Gasteiger partial charge in [-0.15, -0.1) is 5.10 Å². The molecule has 0 spiro atoms. The van der Waals surface area contributed by atoms with Gasteiger partial charge in [0.2, 0.25) is 5.16 Å². The van der Waals surface area contributed by atoms with Crippen molar-refractivity contribution in [3.05, 3.63) is 58.3 Å². The highest BCUT2D eigenvalue weighted by atomic mass is 35.5. The first-order valence-electron chi connectivity index (χ1n) is 6.00. The van der Waals surface area contributed by atoms with Crippen molar-refractivity contribution in [3.63, 3.8) is 0 Å².